The van der Waals surface area contributed by atoms with Crippen molar-refractivity contribution in [3.63, 3.8) is 0 Å². The number of allylic oxidation sites excluding steroid dienone is 1. The SMILES string of the molecule is CC(C)(C)OC(=O)N1CCNc2cc(NC=C(C#N)c3nn[nH]n3)ccc2C1. The monoisotopic (exact) mass is 382 g/mol. The van der Waals surface area contributed by atoms with Crippen LogP contribution in [0.1, 0.15) is 32.2 Å². The molecule has 2 heterocycles. The molecule has 0 saturated carbocycles. The number of carbonyl (C=O) groups excluding carboxylic acids is 1. The number of carbonyl (C=O) groups is 1. The highest BCUT2D eigenvalue weighted by molar-refractivity contribution is 5.75. The number of H-pyrrole nitrogens is 1. The first kappa shape index (κ1) is 19.2. The van der Waals surface area contributed by atoms with E-state index in [9.17, 15) is 10.1 Å². The summed E-state index contributed by atoms with van der Waals surface area (Å²) in [4.78, 5) is 14.1. The van der Waals surface area contributed by atoms with Gasteiger partial charge in [-0.3, -0.25) is 0 Å². The second kappa shape index (κ2) is 7.96. The van der Waals surface area contributed by atoms with Crippen molar-refractivity contribution in [3.05, 3.63) is 35.8 Å². The molecule has 1 aliphatic rings. The van der Waals surface area contributed by atoms with E-state index in [-0.39, 0.29) is 17.5 Å². The summed E-state index contributed by atoms with van der Waals surface area (Å²) in [6, 6.07) is 7.76. The van der Waals surface area contributed by atoms with Crippen molar-refractivity contribution >= 4 is 23.0 Å². The average molecular weight is 382 g/mol. The molecule has 1 aromatic carbocycles. The Morgan fingerprint density at radius 1 is 1.43 bits per heavy atom. The van der Waals surface area contributed by atoms with E-state index < -0.39 is 5.60 Å². The van der Waals surface area contributed by atoms with Gasteiger partial charge in [-0.1, -0.05) is 6.07 Å². The fraction of sp³-hybridized carbons (Fsp3) is 0.389. The van der Waals surface area contributed by atoms with E-state index in [1.54, 1.807) is 4.90 Å². The number of hydrogen-bond acceptors (Lipinski definition) is 8. The molecule has 1 aromatic heterocycles. The van der Waals surface area contributed by atoms with Gasteiger partial charge in [0.25, 0.3) is 0 Å². The van der Waals surface area contributed by atoms with E-state index in [4.69, 9.17) is 4.74 Å². The van der Waals surface area contributed by atoms with Crippen molar-refractivity contribution in [2.45, 2.75) is 32.9 Å². The zero-order valence-corrected chi connectivity index (χ0v) is 16.0. The van der Waals surface area contributed by atoms with Crippen molar-refractivity contribution in [1.29, 1.82) is 5.26 Å². The molecule has 1 amide bonds. The van der Waals surface area contributed by atoms with Crippen LogP contribution in [0.5, 0.6) is 0 Å². The Morgan fingerprint density at radius 2 is 2.25 bits per heavy atom. The highest BCUT2D eigenvalue weighted by atomic mass is 16.6. The fourth-order valence-electron chi connectivity index (χ4n) is 2.64. The maximum atomic E-state index is 12.4. The molecule has 0 bridgehead atoms. The number of hydrogen-bond donors (Lipinski definition) is 3. The molecule has 0 radical (unpaired) electrons. The number of amides is 1. The van der Waals surface area contributed by atoms with Gasteiger partial charge in [0.2, 0.25) is 5.82 Å². The minimum Gasteiger partial charge on any atom is -0.444 e. The van der Waals surface area contributed by atoms with Crippen molar-refractivity contribution in [2.75, 3.05) is 23.7 Å². The lowest BCUT2D eigenvalue weighted by Crippen LogP contribution is -2.37. The third-order valence-electron chi connectivity index (χ3n) is 3.91. The van der Waals surface area contributed by atoms with Gasteiger partial charge in [-0.15, -0.1) is 10.2 Å². The van der Waals surface area contributed by atoms with Crippen LogP contribution in [-0.4, -0.2) is 50.3 Å². The Labute approximate surface area is 162 Å². The lowest BCUT2D eigenvalue weighted by molar-refractivity contribution is 0.0245. The number of ether oxygens (including phenoxy) is 1. The lowest BCUT2D eigenvalue weighted by atomic mass is 10.1. The van der Waals surface area contributed by atoms with Gasteiger partial charge in [-0.05, 0) is 43.7 Å². The maximum Gasteiger partial charge on any atom is 0.410 e. The molecule has 0 atom stereocenters. The number of nitriles is 1. The average Bonchev–Trinajstić information content (AvgIpc) is 3.07. The Bertz CT molecular complexity index is 909. The van der Waals surface area contributed by atoms with Crippen molar-refractivity contribution < 1.29 is 9.53 Å². The summed E-state index contributed by atoms with van der Waals surface area (Å²) in [6.07, 6.45) is 1.20. The van der Waals surface area contributed by atoms with Crippen LogP contribution in [0.4, 0.5) is 16.2 Å². The number of aromatic nitrogens is 4. The third-order valence-corrected chi connectivity index (χ3v) is 3.91. The maximum absolute atomic E-state index is 12.4. The molecule has 146 valence electrons. The molecule has 1 aliphatic heterocycles. The van der Waals surface area contributed by atoms with Crippen molar-refractivity contribution in [1.82, 2.24) is 25.5 Å². The Hall–Kier alpha value is -3.61. The van der Waals surface area contributed by atoms with Gasteiger partial charge < -0.3 is 20.3 Å². The molecule has 3 N–H and O–H groups in total. The minimum atomic E-state index is -0.531. The fourth-order valence-corrected chi connectivity index (χ4v) is 2.64. The summed E-state index contributed by atoms with van der Waals surface area (Å²) < 4.78 is 5.47. The van der Waals surface area contributed by atoms with Crippen LogP contribution in [0.3, 0.4) is 0 Å². The van der Waals surface area contributed by atoms with E-state index >= 15 is 0 Å². The Balaban J connectivity index is 1.72. The predicted octanol–water partition coefficient (Wildman–Crippen LogP) is 2.34. The number of rotatable bonds is 3. The van der Waals surface area contributed by atoms with E-state index in [1.807, 2.05) is 45.0 Å². The van der Waals surface area contributed by atoms with Crippen LogP contribution in [-0.2, 0) is 11.3 Å². The van der Waals surface area contributed by atoms with Crippen molar-refractivity contribution in [3.8, 4) is 6.07 Å². The molecule has 28 heavy (non-hydrogen) atoms. The Morgan fingerprint density at radius 3 is 2.93 bits per heavy atom. The lowest BCUT2D eigenvalue weighted by Gasteiger charge is -2.26. The number of nitrogens with one attached hydrogen (secondary N) is 3. The summed E-state index contributed by atoms with van der Waals surface area (Å²) in [5.74, 6) is 0.218. The number of tetrazole rings is 1. The molecule has 10 nitrogen and oxygen atoms in total. The van der Waals surface area contributed by atoms with Gasteiger partial charge in [-0.2, -0.15) is 10.5 Å². The summed E-state index contributed by atoms with van der Waals surface area (Å²) in [5, 5.41) is 29.0. The van der Waals surface area contributed by atoms with E-state index in [0.29, 0.717) is 19.6 Å². The van der Waals surface area contributed by atoms with Gasteiger partial charge in [0, 0.05) is 30.7 Å². The van der Waals surface area contributed by atoms with E-state index in [0.717, 1.165) is 16.9 Å². The van der Waals surface area contributed by atoms with Crippen LogP contribution in [0.25, 0.3) is 5.57 Å². The molecule has 2 aromatic rings. The first-order chi connectivity index (χ1) is 13.4. The van der Waals surface area contributed by atoms with Crippen LogP contribution < -0.4 is 10.6 Å². The summed E-state index contributed by atoms with van der Waals surface area (Å²) in [6.45, 7) is 7.17. The second-order valence-corrected chi connectivity index (χ2v) is 7.25. The molecule has 0 unspecified atom stereocenters. The van der Waals surface area contributed by atoms with Crippen LogP contribution >= 0.6 is 0 Å². The van der Waals surface area contributed by atoms with Gasteiger partial charge in [0.15, 0.2) is 0 Å². The molecular formula is C18H22N8O2. The first-order valence-electron chi connectivity index (χ1n) is 8.81. The molecule has 0 saturated heterocycles. The molecule has 0 spiro atoms. The summed E-state index contributed by atoms with van der Waals surface area (Å²) in [7, 11) is 0. The Kier molecular flexibility index (Phi) is 5.44. The normalized spacial score (nSPS) is 14.4. The second-order valence-electron chi connectivity index (χ2n) is 7.25. The topological polar surface area (TPSA) is 132 Å². The van der Waals surface area contributed by atoms with Gasteiger partial charge >= 0.3 is 6.09 Å². The molecular weight excluding hydrogens is 360 g/mol. The smallest absolute Gasteiger partial charge is 0.410 e. The summed E-state index contributed by atoms with van der Waals surface area (Å²) >= 11 is 0. The van der Waals surface area contributed by atoms with Gasteiger partial charge in [-0.25, -0.2) is 4.79 Å². The summed E-state index contributed by atoms with van der Waals surface area (Å²) in [5.41, 5.74) is 2.41. The van der Waals surface area contributed by atoms with Crippen LogP contribution in [0.2, 0.25) is 0 Å². The van der Waals surface area contributed by atoms with Crippen LogP contribution in [0.15, 0.2) is 24.4 Å². The largest absolute Gasteiger partial charge is 0.444 e. The molecule has 3 rings (SSSR count). The third kappa shape index (κ3) is 4.76. The highest BCUT2D eigenvalue weighted by Crippen LogP contribution is 2.25. The number of anilines is 2. The number of nitrogens with zero attached hydrogens (tertiary/aromatic N) is 5. The predicted molar refractivity (Wildman–Crippen MR) is 103 cm³/mol. The molecule has 10 heteroatoms. The van der Waals surface area contributed by atoms with Crippen molar-refractivity contribution in [2.24, 2.45) is 0 Å². The zero-order valence-electron chi connectivity index (χ0n) is 16.0. The van der Waals surface area contributed by atoms with Gasteiger partial charge in [0.05, 0.1) is 6.54 Å². The molecule has 0 fully saturated rings. The zero-order chi connectivity index (χ0) is 20.1. The quantitative estimate of drug-likeness (QED) is 0.689. The number of fused-ring (bicyclic) bond motifs is 1. The van der Waals surface area contributed by atoms with Gasteiger partial charge in [0.1, 0.15) is 17.2 Å². The highest BCUT2D eigenvalue weighted by Gasteiger charge is 2.24. The van der Waals surface area contributed by atoms with E-state index in [2.05, 4.69) is 31.3 Å². The standard InChI is InChI=1S/C18H22N8O2/c1-18(2,3)28-17(27)26-7-6-20-15-8-14(5-4-12(15)11-26)21-10-13(9-19)16-22-24-25-23-16/h4-5,8,10,20-21H,6-7,11H2,1-3H3,(H,22,23,24,25). The first-order valence-corrected chi connectivity index (χ1v) is 8.81. The minimum absolute atomic E-state index is 0.218. The molecule has 0 aliphatic carbocycles. The number of aromatic amines is 1. The van der Waals surface area contributed by atoms with E-state index in [1.165, 1.54) is 6.20 Å². The van der Waals surface area contributed by atoms with Crippen LogP contribution in [0, 0.1) is 11.3 Å². The number of benzene rings is 1.